The van der Waals surface area contributed by atoms with Crippen molar-refractivity contribution in [2.24, 2.45) is 0 Å². The van der Waals surface area contributed by atoms with Gasteiger partial charge in [0.2, 0.25) is 11.9 Å². The summed E-state index contributed by atoms with van der Waals surface area (Å²) < 4.78 is 5.59. The molecule has 6 rings (SSSR count). The van der Waals surface area contributed by atoms with E-state index < -0.39 is 0 Å². The Morgan fingerprint density at radius 2 is 1.88 bits per heavy atom. The van der Waals surface area contributed by atoms with Gasteiger partial charge in [-0.25, -0.2) is 4.98 Å². The van der Waals surface area contributed by atoms with Gasteiger partial charge in [-0.05, 0) is 43.3 Å². The molecule has 2 aromatic carbocycles. The Hall–Kier alpha value is -3.89. The molecule has 1 amide bonds. The number of piperazine rings is 1. The maximum Gasteiger partial charge on any atom is 0.246 e. The van der Waals surface area contributed by atoms with Gasteiger partial charge in [0.05, 0.1) is 18.8 Å². The van der Waals surface area contributed by atoms with E-state index >= 15 is 0 Å². The van der Waals surface area contributed by atoms with E-state index in [2.05, 4.69) is 32.7 Å². The SMILES string of the molecule is C=CC(=O)N1CCN(c2nc(NCCCN3CCCOCC3)nc3c2CCN(c2cc(O)cc4ccccc24)C3)CC1. The van der Waals surface area contributed by atoms with Gasteiger partial charge in [0.1, 0.15) is 11.6 Å². The predicted molar refractivity (Wildman–Crippen MR) is 166 cm³/mol. The third-order valence-corrected chi connectivity index (χ3v) is 8.52. The van der Waals surface area contributed by atoms with Crippen LogP contribution in [-0.4, -0.2) is 103 Å². The summed E-state index contributed by atoms with van der Waals surface area (Å²) in [7, 11) is 0. The minimum absolute atomic E-state index is 0.0216. The second kappa shape index (κ2) is 13.0. The normalized spacial score (nSPS) is 18.0. The molecule has 0 bridgehead atoms. The molecule has 0 aliphatic carbocycles. The van der Waals surface area contributed by atoms with E-state index in [-0.39, 0.29) is 11.7 Å². The Morgan fingerprint density at radius 3 is 2.74 bits per heavy atom. The zero-order valence-electron chi connectivity index (χ0n) is 24.3. The number of hydrogen-bond acceptors (Lipinski definition) is 9. The maximum absolute atomic E-state index is 12.2. The number of fused-ring (bicyclic) bond motifs is 2. The molecule has 3 aromatic rings. The summed E-state index contributed by atoms with van der Waals surface area (Å²) >= 11 is 0. The van der Waals surface area contributed by atoms with Crippen molar-refractivity contribution in [3.8, 4) is 5.75 Å². The van der Waals surface area contributed by atoms with E-state index in [1.807, 2.05) is 35.2 Å². The highest BCUT2D eigenvalue weighted by atomic mass is 16.5. The molecular weight excluding hydrogens is 530 g/mol. The number of phenols is 1. The number of amides is 1. The number of ether oxygens (including phenoxy) is 1. The van der Waals surface area contributed by atoms with Crippen LogP contribution in [0.5, 0.6) is 5.75 Å². The molecule has 3 aliphatic heterocycles. The van der Waals surface area contributed by atoms with Crippen LogP contribution in [0.1, 0.15) is 24.1 Å². The quantitative estimate of drug-likeness (QED) is 0.312. The van der Waals surface area contributed by atoms with Gasteiger partial charge in [0.25, 0.3) is 0 Å². The van der Waals surface area contributed by atoms with Crippen molar-refractivity contribution < 1.29 is 14.6 Å². The molecule has 2 fully saturated rings. The summed E-state index contributed by atoms with van der Waals surface area (Å²) in [5.41, 5.74) is 3.20. The third-order valence-electron chi connectivity index (χ3n) is 8.52. The molecule has 42 heavy (non-hydrogen) atoms. The van der Waals surface area contributed by atoms with Crippen molar-refractivity contribution in [1.29, 1.82) is 0 Å². The highest BCUT2D eigenvalue weighted by Crippen LogP contribution is 2.36. The number of hydrogen-bond donors (Lipinski definition) is 2. The number of nitrogens with one attached hydrogen (secondary N) is 1. The average molecular weight is 572 g/mol. The number of nitrogens with zero attached hydrogens (tertiary/aromatic N) is 6. The van der Waals surface area contributed by atoms with Gasteiger partial charge in [0.15, 0.2) is 0 Å². The van der Waals surface area contributed by atoms with Crippen LogP contribution >= 0.6 is 0 Å². The Morgan fingerprint density at radius 1 is 1.02 bits per heavy atom. The molecule has 4 heterocycles. The first-order chi connectivity index (χ1) is 20.6. The highest BCUT2D eigenvalue weighted by molar-refractivity contribution is 5.95. The van der Waals surface area contributed by atoms with Crippen molar-refractivity contribution in [3.63, 3.8) is 0 Å². The van der Waals surface area contributed by atoms with E-state index in [0.717, 1.165) is 106 Å². The van der Waals surface area contributed by atoms with Crippen molar-refractivity contribution >= 4 is 34.1 Å². The molecule has 1 aromatic heterocycles. The maximum atomic E-state index is 12.2. The van der Waals surface area contributed by atoms with Crippen LogP contribution in [0.25, 0.3) is 10.8 Å². The zero-order chi connectivity index (χ0) is 28.9. The lowest BCUT2D eigenvalue weighted by Crippen LogP contribution is -2.49. The monoisotopic (exact) mass is 571 g/mol. The van der Waals surface area contributed by atoms with Gasteiger partial charge in [-0.15, -0.1) is 0 Å². The van der Waals surface area contributed by atoms with Crippen LogP contribution < -0.4 is 15.1 Å². The molecule has 0 radical (unpaired) electrons. The number of benzene rings is 2. The molecule has 0 atom stereocenters. The minimum Gasteiger partial charge on any atom is -0.508 e. The smallest absolute Gasteiger partial charge is 0.246 e. The number of rotatable bonds is 8. The van der Waals surface area contributed by atoms with Gasteiger partial charge < -0.3 is 34.8 Å². The van der Waals surface area contributed by atoms with Crippen LogP contribution in [0.2, 0.25) is 0 Å². The first-order valence-corrected chi connectivity index (χ1v) is 15.2. The number of aromatic hydroxyl groups is 1. The second-order valence-electron chi connectivity index (χ2n) is 11.3. The van der Waals surface area contributed by atoms with Crippen molar-refractivity contribution in [2.45, 2.75) is 25.8 Å². The Bertz CT molecular complexity index is 1410. The average Bonchev–Trinajstić information content (AvgIpc) is 3.30. The molecule has 3 aliphatic rings. The van der Waals surface area contributed by atoms with Gasteiger partial charge in [-0.2, -0.15) is 4.98 Å². The van der Waals surface area contributed by atoms with Crippen molar-refractivity contribution in [2.75, 3.05) is 87.2 Å². The van der Waals surface area contributed by atoms with Gasteiger partial charge in [0, 0.05) is 81.7 Å². The Labute approximate surface area is 247 Å². The summed E-state index contributed by atoms with van der Waals surface area (Å²) in [5.74, 6) is 1.86. The third kappa shape index (κ3) is 6.29. The first kappa shape index (κ1) is 28.2. The first-order valence-electron chi connectivity index (χ1n) is 15.2. The fourth-order valence-electron chi connectivity index (χ4n) is 6.29. The molecule has 10 nitrogen and oxygen atoms in total. The molecule has 0 saturated carbocycles. The summed E-state index contributed by atoms with van der Waals surface area (Å²) in [4.78, 5) is 31.2. The van der Waals surface area contributed by atoms with E-state index in [1.54, 1.807) is 0 Å². The summed E-state index contributed by atoms with van der Waals surface area (Å²) in [5, 5.41) is 16.1. The minimum atomic E-state index is -0.0216. The number of anilines is 3. The Balaban J connectivity index is 1.23. The topological polar surface area (TPSA) is 97.3 Å². The summed E-state index contributed by atoms with van der Waals surface area (Å²) in [6.45, 7) is 13.4. The second-order valence-corrected chi connectivity index (χ2v) is 11.3. The van der Waals surface area contributed by atoms with Gasteiger partial charge in [-0.3, -0.25) is 4.79 Å². The van der Waals surface area contributed by atoms with Gasteiger partial charge in [-0.1, -0.05) is 30.8 Å². The standard InChI is InChI=1S/C32H41N7O3/c1-2-30(41)37-14-16-38(17-15-37)31-27-9-13-39(29-22-25(40)21-24-7-3-4-8-26(24)29)23-28(27)34-32(35-31)33-10-5-11-36-12-6-19-42-20-18-36/h2-4,7-8,21-22,40H,1,5-6,9-20,23H2,(H,33,34,35). The number of carbonyl (C=O) groups excluding carboxylic acids is 1. The van der Waals surface area contributed by atoms with Crippen LogP contribution in [0.3, 0.4) is 0 Å². The predicted octanol–water partition coefficient (Wildman–Crippen LogP) is 3.26. The fraction of sp³-hybridized carbons (Fsp3) is 0.469. The fourth-order valence-corrected chi connectivity index (χ4v) is 6.29. The van der Waals surface area contributed by atoms with Crippen LogP contribution in [-0.2, 0) is 22.5 Å². The van der Waals surface area contributed by atoms with E-state index in [4.69, 9.17) is 14.7 Å². The number of aromatic nitrogens is 2. The zero-order valence-corrected chi connectivity index (χ0v) is 24.3. The molecule has 2 N–H and O–H groups in total. The lowest BCUT2D eigenvalue weighted by Gasteiger charge is -2.38. The molecule has 0 spiro atoms. The highest BCUT2D eigenvalue weighted by Gasteiger charge is 2.28. The molecular formula is C32H41N7O3. The molecule has 0 unspecified atom stereocenters. The van der Waals surface area contributed by atoms with Crippen LogP contribution in [0, 0.1) is 0 Å². The molecule has 222 valence electrons. The van der Waals surface area contributed by atoms with E-state index in [1.165, 1.54) is 11.6 Å². The van der Waals surface area contributed by atoms with Crippen LogP contribution in [0.15, 0.2) is 49.1 Å². The van der Waals surface area contributed by atoms with Crippen molar-refractivity contribution in [3.05, 3.63) is 60.3 Å². The number of phenolic OH excluding ortho intramolecular Hbond substituents is 1. The van der Waals surface area contributed by atoms with E-state index in [9.17, 15) is 9.90 Å². The van der Waals surface area contributed by atoms with Gasteiger partial charge >= 0.3 is 0 Å². The van der Waals surface area contributed by atoms with Crippen LogP contribution in [0.4, 0.5) is 17.5 Å². The lowest BCUT2D eigenvalue weighted by molar-refractivity contribution is -0.126. The number of carbonyl (C=O) groups is 1. The molecule has 2 saturated heterocycles. The largest absolute Gasteiger partial charge is 0.508 e. The lowest BCUT2D eigenvalue weighted by atomic mass is 10.0. The van der Waals surface area contributed by atoms with E-state index in [0.29, 0.717) is 25.6 Å². The van der Waals surface area contributed by atoms with Crippen molar-refractivity contribution in [1.82, 2.24) is 19.8 Å². The summed E-state index contributed by atoms with van der Waals surface area (Å²) in [6, 6.07) is 11.9. The molecule has 10 heteroatoms. The Kier molecular flexibility index (Phi) is 8.71. The summed E-state index contributed by atoms with van der Waals surface area (Å²) in [6.07, 6.45) is 4.28.